The van der Waals surface area contributed by atoms with Crippen LogP contribution in [0.25, 0.3) is 22.3 Å². The van der Waals surface area contributed by atoms with Crippen LogP contribution in [-0.2, 0) is 6.54 Å². The predicted octanol–water partition coefficient (Wildman–Crippen LogP) is 4.36. The number of carbonyl (C=O) groups is 1. The van der Waals surface area contributed by atoms with Gasteiger partial charge in [-0.15, -0.1) is 21.5 Å². The lowest BCUT2D eigenvalue weighted by atomic mass is 10.2. The highest BCUT2D eigenvalue weighted by Crippen LogP contribution is 2.27. The summed E-state index contributed by atoms with van der Waals surface area (Å²) in [5.41, 5.74) is 0.986. The number of carbonyl (C=O) groups excluding carboxylic acids is 1. The highest BCUT2D eigenvalue weighted by molar-refractivity contribution is 7.13. The van der Waals surface area contributed by atoms with Crippen molar-refractivity contribution in [3.8, 4) is 22.3 Å². The summed E-state index contributed by atoms with van der Waals surface area (Å²) >= 11 is 7.52. The van der Waals surface area contributed by atoms with Gasteiger partial charge in [-0.3, -0.25) is 4.79 Å². The number of nitrogens with zero attached hydrogens (tertiary/aromatic N) is 6. The molecule has 4 aromatic rings. The van der Waals surface area contributed by atoms with Crippen molar-refractivity contribution in [3.63, 3.8) is 0 Å². The number of benzene rings is 1. The van der Waals surface area contributed by atoms with Gasteiger partial charge in [-0.05, 0) is 24.6 Å². The molecule has 3 aromatic heterocycles. The Morgan fingerprint density at radius 2 is 1.97 bits per heavy atom. The van der Waals surface area contributed by atoms with Gasteiger partial charge in [0.15, 0.2) is 10.8 Å². The van der Waals surface area contributed by atoms with Crippen LogP contribution in [0.5, 0.6) is 0 Å². The number of hydrogen-bond acceptors (Lipinski definition) is 8. The smallest absolute Gasteiger partial charge is 0.273 e. The zero-order valence-electron chi connectivity index (χ0n) is 16.0. The Bertz CT molecular complexity index is 1150. The summed E-state index contributed by atoms with van der Waals surface area (Å²) in [6.45, 7) is 2.70. The van der Waals surface area contributed by atoms with Crippen LogP contribution in [0.3, 0.4) is 0 Å². The average molecular weight is 441 g/mol. The Hall–Kier alpha value is -3.17. The third kappa shape index (κ3) is 4.37. The van der Waals surface area contributed by atoms with Crippen LogP contribution in [-0.4, -0.2) is 42.5 Å². The Kier molecular flexibility index (Phi) is 6.10. The lowest BCUT2D eigenvalue weighted by Crippen LogP contribution is -2.31. The summed E-state index contributed by atoms with van der Waals surface area (Å²) in [5.74, 6) is 0.919. The van der Waals surface area contributed by atoms with Crippen LogP contribution in [0.15, 0.2) is 52.5 Å². The molecule has 152 valence electrons. The molecule has 0 saturated carbocycles. The molecule has 4 rings (SSSR count). The Balaban J connectivity index is 1.53. The molecule has 0 aliphatic carbocycles. The molecular formula is C20H17ClN6O2S. The summed E-state index contributed by atoms with van der Waals surface area (Å²) in [6, 6.07) is 8.95. The molecule has 30 heavy (non-hydrogen) atoms. The third-order valence-electron chi connectivity index (χ3n) is 4.16. The molecule has 0 saturated heterocycles. The van der Waals surface area contributed by atoms with E-state index in [2.05, 4.69) is 25.1 Å². The van der Waals surface area contributed by atoms with E-state index in [1.54, 1.807) is 40.9 Å². The Morgan fingerprint density at radius 1 is 1.17 bits per heavy atom. The van der Waals surface area contributed by atoms with Gasteiger partial charge in [0, 0.05) is 24.3 Å². The van der Waals surface area contributed by atoms with E-state index >= 15 is 0 Å². The number of halogens is 1. The van der Waals surface area contributed by atoms with Crippen molar-refractivity contribution < 1.29 is 9.21 Å². The van der Waals surface area contributed by atoms with E-state index in [1.807, 2.05) is 19.1 Å². The molecule has 0 aliphatic heterocycles. The minimum absolute atomic E-state index is 0.179. The van der Waals surface area contributed by atoms with E-state index in [-0.39, 0.29) is 12.5 Å². The van der Waals surface area contributed by atoms with Crippen LogP contribution in [0.2, 0.25) is 5.02 Å². The highest BCUT2D eigenvalue weighted by atomic mass is 35.5. The van der Waals surface area contributed by atoms with Gasteiger partial charge in [-0.1, -0.05) is 30.7 Å². The van der Waals surface area contributed by atoms with Gasteiger partial charge in [-0.25, -0.2) is 15.0 Å². The maximum atomic E-state index is 13.0. The zero-order valence-corrected chi connectivity index (χ0v) is 17.6. The molecule has 0 aliphatic rings. The molecule has 1 aromatic carbocycles. The maximum Gasteiger partial charge on any atom is 0.273 e. The fraction of sp³-hybridized carbons (Fsp3) is 0.200. The largest absolute Gasteiger partial charge is 0.419 e. The predicted molar refractivity (Wildman–Crippen MR) is 113 cm³/mol. The lowest BCUT2D eigenvalue weighted by molar-refractivity contribution is 0.0723. The summed E-state index contributed by atoms with van der Waals surface area (Å²) in [4.78, 5) is 27.4. The topological polar surface area (TPSA) is 97.9 Å². The van der Waals surface area contributed by atoms with Gasteiger partial charge in [-0.2, -0.15) is 0 Å². The molecule has 0 unspecified atom stereocenters. The number of amides is 1. The van der Waals surface area contributed by atoms with Gasteiger partial charge in [0.05, 0.1) is 17.1 Å². The SMILES string of the molecule is CCCN(Cc1nnc(-c2ccccc2Cl)o1)C(=O)c1csc(-c2ncccn2)n1. The molecular weight excluding hydrogens is 424 g/mol. The minimum Gasteiger partial charge on any atom is -0.419 e. The minimum atomic E-state index is -0.215. The van der Waals surface area contributed by atoms with E-state index in [9.17, 15) is 4.79 Å². The molecule has 0 fully saturated rings. The fourth-order valence-electron chi connectivity index (χ4n) is 2.79. The first-order valence-electron chi connectivity index (χ1n) is 9.25. The third-order valence-corrected chi connectivity index (χ3v) is 5.33. The maximum absolute atomic E-state index is 13.0. The van der Waals surface area contributed by atoms with Gasteiger partial charge in [0.1, 0.15) is 5.69 Å². The summed E-state index contributed by atoms with van der Waals surface area (Å²) in [5, 5.41) is 11.0. The summed E-state index contributed by atoms with van der Waals surface area (Å²) in [7, 11) is 0. The number of hydrogen-bond donors (Lipinski definition) is 0. The standard InChI is InChI=1S/C20H17ClN6O2S/c1-2-10-27(11-16-25-26-18(29-16)13-6-3-4-7-14(13)21)20(28)15-12-30-19(24-15)17-22-8-5-9-23-17/h3-9,12H,2,10-11H2,1H3. The van der Waals surface area contributed by atoms with E-state index in [4.69, 9.17) is 16.0 Å². The van der Waals surface area contributed by atoms with Crippen molar-refractivity contribution in [3.05, 3.63) is 64.7 Å². The zero-order chi connectivity index (χ0) is 20.9. The molecule has 10 heteroatoms. The monoisotopic (exact) mass is 440 g/mol. The number of rotatable bonds is 7. The van der Waals surface area contributed by atoms with Gasteiger partial charge in [0.25, 0.3) is 5.91 Å². The van der Waals surface area contributed by atoms with Crippen molar-refractivity contribution in [1.82, 2.24) is 30.0 Å². The number of thiazole rings is 1. The molecule has 0 spiro atoms. The summed E-state index contributed by atoms with van der Waals surface area (Å²) < 4.78 is 5.75. The quantitative estimate of drug-likeness (QED) is 0.421. The van der Waals surface area contributed by atoms with Crippen molar-refractivity contribution in [1.29, 1.82) is 0 Å². The molecule has 8 nitrogen and oxygen atoms in total. The molecule has 3 heterocycles. The van der Waals surface area contributed by atoms with Crippen LogP contribution in [0.1, 0.15) is 29.7 Å². The molecule has 1 amide bonds. The summed E-state index contributed by atoms with van der Waals surface area (Å²) in [6.07, 6.45) is 4.05. The number of aromatic nitrogens is 5. The normalized spacial score (nSPS) is 10.9. The van der Waals surface area contributed by atoms with Crippen molar-refractivity contribution in [2.45, 2.75) is 19.9 Å². The first kappa shape index (κ1) is 20.1. The second-order valence-electron chi connectivity index (χ2n) is 6.32. The molecule has 0 N–H and O–H groups in total. The van der Waals surface area contributed by atoms with E-state index in [0.717, 1.165) is 6.42 Å². The van der Waals surface area contributed by atoms with Crippen LogP contribution in [0, 0.1) is 0 Å². The molecule has 0 bridgehead atoms. The first-order valence-corrected chi connectivity index (χ1v) is 10.5. The van der Waals surface area contributed by atoms with Crippen molar-refractivity contribution >= 4 is 28.8 Å². The fourth-order valence-corrected chi connectivity index (χ4v) is 3.75. The van der Waals surface area contributed by atoms with Crippen LogP contribution in [0.4, 0.5) is 0 Å². The Labute approximate surface area is 181 Å². The molecule has 0 atom stereocenters. The Morgan fingerprint density at radius 3 is 2.73 bits per heavy atom. The van der Waals surface area contributed by atoms with E-state index < -0.39 is 0 Å². The van der Waals surface area contributed by atoms with Crippen LogP contribution >= 0.6 is 22.9 Å². The van der Waals surface area contributed by atoms with Crippen LogP contribution < -0.4 is 0 Å². The van der Waals surface area contributed by atoms with Gasteiger partial charge >= 0.3 is 0 Å². The van der Waals surface area contributed by atoms with E-state index in [1.165, 1.54) is 11.3 Å². The molecule has 0 radical (unpaired) electrons. The van der Waals surface area contributed by atoms with E-state index in [0.29, 0.717) is 45.4 Å². The second kappa shape index (κ2) is 9.10. The second-order valence-corrected chi connectivity index (χ2v) is 7.58. The average Bonchev–Trinajstić information content (AvgIpc) is 3.44. The van der Waals surface area contributed by atoms with Gasteiger partial charge in [0.2, 0.25) is 11.8 Å². The van der Waals surface area contributed by atoms with Gasteiger partial charge < -0.3 is 9.32 Å². The first-order chi connectivity index (χ1) is 14.7. The lowest BCUT2D eigenvalue weighted by Gasteiger charge is -2.19. The highest BCUT2D eigenvalue weighted by Gasteiger charge is 2.22. The van der Waals surface area contributed by atoms with Crippen molar-refractivity contribution in [2.75, 3.05) is 6.54 Å². The van der Waals surface area contributed by atoms with Crippen molar-refractivity contribution in [2.24, 2.45) is 0 Å².